The van der Waals surface area contributed by atoms with E-state index in [-0.39, 0.29) is 29.2 Å². The summed E-state index contributed by atoms with van der Waals surface area (Å²) in [7, 11) is 0. The van der Waals surface area contributed by atoms with Crippen LogP contribution in [0.5, 0.6) is 0 Å². The molecule has 1 aliphatic rings. The number of rotatable bonds is 7. The molecule has 2 aromatic rings. The van der Waals surface area contributed by atoms with E-state index in [4.69, 9.17) is 0 Å². The summed E-state index contributed by atoms with van der Waals surface area (Å²) in [6.07, 6.45) is -0.0334. The van der Waals surface area contributed by atoms with Gasteiger partial charge in [0.15, 0.2) is 5.04 Å². The minimum Gasteiger partial charge on any atom is -0.352 e. The second-order valence-electron chi connectivity index (χ2n) is 6.13. The first-order valence-corrected chi connectivity index (χ1v) is 9.67. The predicted octanol–water partition coefficient (Wildman–Crippen LogP) is 1.55. The average molecular weight is 396 g/mol. The Balaban J connectivity index is 1.49. The molecule has 1 aliphatic heterocycles. The van der Waals surface area contributed by atoms with Gasteiger partial charge in [-0.25, -0.2) is 5.43 Å². The summed E-state index contributed by atoms with van der Waals surface area (Å²) in [5, 5.41) is 8.79. The number of hydrazone groups is 1. The fraction of sp³-hybridized carbons (Fsp3) is 0.200. The SMILES string of the molecule is O=C(CC1SC(C(=O)NCc2ccccc2)=NNC1=O)NCc1ccccc1. The van der Waals surface area contributed by atoms with Crippen LogP contribution in [0.25, 0.3) is 0 Å². The van der Waals surface area contributed by atoms with Gasteiger partial charge in [-0.05, 0) is 11.1 Å². The summed E-state index contributed by atoms with van der Waals surface area (Å²) in [5.74, 6) is -1.04. The van der Waals surface area contributed by atoms with Crippen molar-refractivity contribution in [3.8, 4) is 0 Å². The number of nitrogens with one attached hydrogen (secondary N) is 3. The Labute approximate surface area is 167 Å². The van der Waals surface area contributed by atoms with Gasteiger partial charge >= 0.3 is 0 Å². The molecule has 0 aromatic heterocycles. The van der Waals surface area contributed by atoms with Gasteiger partial charge in [0.1, 0.15) is 5.25 Å². The molecule has 0 fully saturated rings. The quantitative estimate of drug-likeness (QED) is 0.661. The van der Waals surface area contributed by atoms with E-state index < -0.39 is 5.25 Å². The highest BCUT2D eigenvalue weighted by atomic mass is 32.2. The van der Waals surface area contributed by atoms with E-state index in [1.807, 2.05) is 60.7 Å². The van der Waals surface area contributed by atoms with E-state index in [9.17, 15) is 14.4 Å². The topological polar surface area (TPSA) is 99.7 Å². The number of nitrogens with zero attached hydrogens (tertiary/aromatic N) is 1. The van der Waals surface area contributed by atoms with E-state index in [0.29, 0.717) is 13.1 Å². The molecule has 144 valence electrons. The van der Waals surface area contributed by atoms with Gasteiger partial charge in [-0.3, -0.25) is 14.4 Å². The lowest BCUT2D eigenvalue weighted by molar-refractivity contribution is -0.126. The lowest BCUT2D eigenvalue weighted by atomic mass is 10.2. The van der Waals surface area contributed by atoms with Gasteiger partial charge in [0.25, 0.3) is 11.8 Å². The number of amides is 3. The lowest BCUT2D eigenvalue weighted by Gasteiger charge is -2.20. The first-order chi connectivity index (χ1) is 13.6. The van der Waals surface area contributed by atoms with Crippen molar-refractivity contribution in [2.45, 2.75) is 24.8 Å². The molecule has 0 aliphatic carbocycles. The van der Waals surface area contributed by atoms with Crippen molar-refractivity contribution in [1.29, 1.82) is 0 Å². The van der Waals surface area contributed by atoms with Crippen molar-refractivity contribution in [1.82, 2.24) is 16.1 Å². The highest BCUT2D eigenvalue weighted by molar-refractivity contribution is 8.16. The van der Waals surface area contributed by atoms with Crippen molar-refractivity contribution < 1.29 is 14.4 Å². The van der Waals surface area contributed by atoms with Crippen LogP contribution in [0.15, 0.2) is 65.8 Å². The highest BCUT2D eigenvalue weighted by Crippen LogP contribution is 2.21. The van der Waals surface area contributed by atoms with E-state index in [1.54, 1.807) is 0 Å². The van der Waals surface area contributed by atoms with Gasteiger partial charge in [-0.2, -0.15) is 5.10 Å². The van der Waals surface area contributed by atoms with Crippen LogP contribution >= 0.6 is 11.8 Å². The van der Waals surface area contributed by atoms with E-state index >= 15 is 0 Å². The summed E-state index contributed by atoms with van der Waals surface area (Å²) in [6, 6.07) is 19.0. The number of thioether (sulfide) groups is 1. The first-order valence-electron chi connectivity index (χ1n) is 8.79. The number of carbonyl (C=O) groups excluding carboxylic acids is 3. The Bertz CT molecular complexity index is 872. The predicted molar refractivity (Wildman–Crippen MR) is 108 cm³/mol. The van der Waals surface area contributed by atoms with Crippen molar-refractivity contribution >= 4 is 34.5 Å². The van der Waals surface area contributed by atoms with Crippen molar-refractivity contribution in [3.05, 3.63) is 71.8 Å². The summed E-state index contributed by atoms with van der Waals surface area (Å²) in [6.45, 7) is 0.743. The summed E-state index contributed by atoms with van der Waals surface area (Å²) < 4.78 is 0. The fourth-order valence-corrected chi connectivity index (χ4v) is 3.46. The monoisotopic (exact) mass is 396 g/mol. The maximum atomic E-state index is 12.3. The first kappa shape index (κ1) is 19.6. The van der Waals surface area contributed by atoms with Crippen molar-refractivity contribution in [2.75, 3.05) is 0 Å². The Kier molecular flexibility index (Phi) is 6.80. The van der Waals surface area contributed by atoms with Crippen LogP contribution in [0.3, 0.4) is 0 Å². The standard InChI is InChI=1S/C20H20N4O3S/c25-17(21-12-14-7-3-1-4-8-14)11-16-18(26)23-24-20(28-16)19(27)22-13-15-9-5-2-6-10-15/h1-10,16H,11-13H2,(H,21,25)(H,22,27)(H,23,26). The fourth-order valence-electron chi connectivity index (χ4n) is 2.52. The summed E-state index contributed by atoms with van der Waals surface area (Å²) in [4.78, 5) is 36.5. The molecule has 0 bridgehead atoms. The normalized spacial score (nSPS) is 15.9. The molecular weight excluding hydrogens is 376 g/mol. The Morgan fingerprint density at radius 1 is 0.929 bits per heavy atom. The Morgan fingerprint density at radius 2 is 1.50 bits per heavy atom. The third kappa shape index (κ3) is 5.68. The zero-order valence-electron chi connectivity index (χ0n) is 15.1. The molecule has 0 saturated carbocycles. The van der Waals surface area contributed by atoms with Crippen molar-refractivity contribution in [3.63, 3.8) is 0 Å². The highest BCUT2D eigenvalue weighted by Gasteiger charge is 2.30. The van der Waals surface area contributed by atoms with Crippen LogP contribution in [-0.2, 0) is 27.5 Å². The molecule has 0 radical (unpaired) electrons. The maximum Gasteiger partial charge on any atom is 0.278 e. The van der Waals surface area contributed by atoms with Gasteiger partial charge in [-0.1, -0.05) is 72.4 Å². The van der Waals surface area contributed by atoms with Gasteiger partial charge in [0, 0.05) is 19.5 Å². The van der Waals surface area contributed by atoms with Gasteiger partial charge < -0.3 is 10.6 Å². The lowest BCUT2D eigenvalue weighted by Crippen LogP contribution is -2.42. The molecule has 1 heterocycles. The minimum absolute atomic E-state index is 0.0334. The number of carbonyl (C=O) groups is 3. The van der Waals surface area contributed by atoms with Gasteiger partial charge in [0.2, 0.25) is 5.91 Å². The smallest absolute Gasteiger partial charge is 0.278 e. The molecule has 28 heavy (non-hydrogen) atoms. The van der Waals surface area contributed by atoms with Gasteiger partial charge in [0.05, 0.1) is 0 Å². The van der Waals surface area contributed by atoms with E-state index in [0.717, 1.165) is 22.9 Å². The molecule has 0 saturated heterocycles. The second kappa shape index (κ2) is 9.70. The van der Waals surface area contributed by atoms with Crippen LogP contribution < -0.4 is 16.1 Å². The van der Waals surface area contributed by atoms with Crippen LogP contribution in [-0.4, -0.2) is 28.0 Å². The molecule has 1 atom stereocenters. The van der Waals surface area contributed by atoms with Crippen LogP contribution in [0.2, 0.25) is 0 Å². The van der Waals surface area contributed by atoms with Gasteiger partial charge in [-0.15, -0.1) is 0 Å². The van der Waals surface area contributed by atoms with E-state index in [2.05, 4.69) is 21.2 Å². The number of benzene rings is 2. The molecular formula is C20H20N4O3S. The Morgan fingerprint density at radius 3 is 2.11 bits per heavy atom. The molecule has 8 heteroatoms. The maximum absolute atomic E-state index is 12.3. The summed E-state index contributed by atoms with van der Waals surface area (Å²) in [5.41, 5.74) is 4.26. The average Bonchev–Trinajstić information content (AvgIpc) is 2.73. The largest absolute Gasteiger partial charge is 0.352 e. The zero-order valence-corrected chi connectivity index (χ0v) is 15.9. The molecule has 0 spiro atoms. The minimum atomic E-state index is -0.703. The van der Waals surface area contributed by atoms with Crippen LogP contribution in [0.4, 0.5) is 0 Å². The van der Waals surface area contributed by atoms with E-state index in [1.165, 1.54) is 0 Å². The molecule has 3 rings (SSSR count). The molecule has 1 unspecified atom stereocenters. The third-order valence-electron chi connectivity index (χ3n) is 4.01. The van der Waals surface area contributed by atoms with Crippen LogP contribution in [0.1, 0.15) is 17.5 Å². The molecule has 3 amide bonds. The van der Waals surface area contributed by atoms with Crippen LogP contribution in [0, 0.1) is 0 Å². The molecule has 7 nitrogen and oxygen atoms in total. The molecule has 2 aromatic carbocycles. The number of hydrogen-bond donors (Lipinski definition) is 3. The summed E-state index contributed by atoms with van der Waals surface area (Å²) >= 11 is 0.998. The van der Waals surface area contributed by atoms with Crippen molar-refractivity contribution in [2.24, 2.45) is 5.10 Å². The Hall–Kier alpha value is -3.13. The second-order valence-corrected chi connectivity index (χ2v) is 7.33. The molecule has 3 N–H and O–H groups in total. The number of hydrogen-bond acceptors (Lipinski definition) is 5. The third-order valence-corrected chi connectivity index (χ3v) is 5.17. The zero-order chi connectivity index (χ0) is 19.8.